The summed E-state index contributed by atoms with van der Waals surface area (Å²) < 4.78 is 7.52. The Morgan fingerprint density at radius 3 is 2.80 bits per heavy atom. The van der Waals surface area contributed by atoms with Crippen molar-refractivity contribution < 1.29 is 4.74 Å². The van der Waals surface area contributed by atoms with Gasteiger partial charge in [-0.1, -0.05) is 12.1 Å². The SMILES string of the molecule is Cc1cccc(OCCc2nc3cc(C)ccn3n2)c1. The van der Waals surface area contributed by atoms with Gasteiger partial charge < -0.3 is 4.74 Å². The first-order valence-electron chi connectivity index (χ1n) is 6.72. The van der Waals surface area contributed by atoms with Crippen LogP contribution in [0.15, 0.2) is 42.6 Å². The predicted molar refractivity (Wildman–Crippen MR) is 78.1 cm³/mol. The number of hydrogen-bond acceptors (Lipinski definition) is 3. The number of aromatic nitrogens is 3. The first-order chi connectivity index (χ1) is 9.70. The Balaban J connectivity index is 1.65. The number of pyridine rings is 1. The van der Waals surface area contributed by atoms with Crippen LogP contribution in [-0.4, -0.2) is 21.2 Å². The number of ether oxygens (including phenoxy) is 1. The van der Waals surface area contributed by atoms with Crippen LogP contribution in [0.3, 0.4) is 0 Å². The van der Waals surface area contributed by atoms with Gasteiger partial charge in [-0.2, -0.15) is 5.10 Å². The van der Waals surface area contributed by atoms with Crippen LogP contribution in [0.2, 0.25) is 0 Å². The Morgan fingerprint density at radius 2 is 1.95 bits per heavy atom. The minimum absolute atomic E-state index is 0.583. The van der Waals surface area contributed by atoms with Crippen LogP contribution in [0.1, 0.15) is 17.0 Å². The van der Waals surface area contributed by atoms with E-state index in [9.17, 15) is 0 Å². The molecule has 0 fully saturated rings. The van der Waals surface area contributed by atoms with Gasteiger partial charge in [-0.3, -0.25) is 0 Å². The molecule has 0 saturated heterocycles. The van der Waals surface area contributed by atoms with Gasteiger partial charge in [0.2, 0.25) is 0 Å². The molecule has 0 aliphatic carbocycles. The molecule has 4 nitrogen and oxygen atoms in total. The second-order valence-electron chi connectivity index (χ2n) is 4.95. The zero-order chi connectivity index (χ0) is 13.9. The van der Waals surface area contributed by atoms with Crippen molar-refractivity contribution in [1.82, 2.24) is 14.6 Å². The normalized spacial score (nSPS) is 10.9. The molecule has 0 aliphatic rings. The van der Waals surface area contributed by atoms with Crippen molar-refractivity contribution in [2.75, 3.05) is 6.61 Å². The molecular formula is C16H17N3O. The molecule has 0 atom stereocenters. The van der Waals surface area contributed by atoms with Gasteiger partial charge in [0.1, 0.15) is 5.75 Å². The summed E-state index contributed by atoms with van der Waals surface area (Å²) in [6, 6.07) is 12.1. The topological polar surface area (TPSA) is 39.4 Å². The number of fused-ring (bicyclic) bond motifs is 1. The minimum Gasteiger partial charge on any atom is -0.493 e. The zero-order valence-electron chi connectivity index (χ0n) is 11.7. The van der Waals surface area contributed by atoms with Crippen LogP contribution in [0.25, 0.3) is 5.65 Å². The van der Waals surface area contributed by atoms with E-state index in [1.54, 1.807) is 4.52 Å². The molecule has 3 aromatic rings. The molecule has 2 aromatic heterocycles. The van der Waals surface area contributed by atoms with E-state index >= 15 is 0 Å². The quantitative estimate of drug-likeness (QED) is 0.729. The van der Waals surface area contributed by atoms with Crippen molar-refractivity contribution in [3.8, 4) is 5.75 Å². The highest BCUT2D eigenvalue weighted by molar-refractivity contribution is 5.40. The summed E-state index contributed by atoms with van der Waals surface area (Å²) >= 11 is 0. The summed E-state index contributed by atoms with van der Waals surface area (Å²) in [6.07, 6.45) is 2.64. The summed E-state index contributed by atoms with van der Waals surface area (Å²) in [5, 5.41) is 4.43. The lowest BCUT2D eigenvalue weighted by molar-refractivity contribution is 0.319. The number of aryl methyl sites for hydroxylation is 2. The van der Waals surface area contributed by atoms with Gasteiger partial charge in [0.25, 0.3) is 0 Å². The first-order valence-corrected chi connectivity index (χ1v) is 6.72. The van der Waals surface area contributed by atoms with E-state index in [2.05, 4.69) is 30.0 Å². The summed E-state index contributed by atoms with van der Waals surface area (Å²) in [5.74, 6) is 1.70. The van der Waals surface area contributed by atoms with Crippen molar-refractivity contribution in [2.45, 2.75) is 20.3 Å². The summed E-state index contributed by atoms with van der Waals surface area (Å²) in [5.41, 5.74) is 3.27. The van der Waals surface area contributed by atoms with Gasteiger partial charge in [-0.25, -0.2) is 9.50 Å². The van der Waals surface area contributed by atoms with Crippen molar-refractivity contribution >= 4 is 5.65 Å². The highest BCUT2D eigenvalue weighted by Gasteiger charge is 2.04. The number of hydrogen-bond donors (Lipinski definition) is 0. The molecule has 0 N–H and O–H groups in total. The maximum atomic E-state index is 5.72. The van der Waals surface area contributed by atoms with Gasteiger partial charge in [0, 0.05) is 12.6 Å². The van der Waals surface area contributed by atoms with Crippen molar-refractivity contribution in [1.29, 1.82) is 0 Å². The Kier molecular flexibility index (Phi) is 3.37. The van der Waals surface area contributed by atoms with Crippen LogP contribution < -0.4 is 4.74 Å². The lowest BCUT2D eigenvalue weighted by Crippen LogP contribution is -2.03. The van der Waals surface area contributed by atoms with E-state index in [0.717, 1.165) is 17.2 Å². The third-order valence-corrected chi connectivity index (χ3v) is 3.12. The molecular weight excluding hydrogens is 250 g/mol. The lowest BCUT2D eigenvalue weighted by Gasteiger charge is -2.04. The molecule has 0 saturated carbocycles. The molecule has 0 amide bonds. The van der Waals surface area contributed by atoms with Gasteiger partial charge in [0.05, 0.1) is 6.61 Å². The molecule has 0 radical (unpaired) electrons. The zero-order valence-corrected chi connectivity index (χ0v) is 11.7. The molecule has 4 heteroatoms. The van der Waals surface area contributed by atoms with Crippen LogP contribution in [0.5, 0.6) is 5.75 Å². The second-order valence-corrected chi connectivity index (χ2v) is 4.95. The molecule has 3 rings (SSSR count). The highest BCUT2D eigenvalue weighted by Crippen LogP contribution is 2.12. The molecule has 0 aliphatic heterocycles. The largest absolute Gasteiger partial charge is 0.493 e. The number of rotatable bonds is 4. The van der Waals surface area contributed by atoms with Crippen molar-refractivity contribution in [3.63, 3.8) is 0 Å². The van der Waals surface area contributed by atoms with Gasteiger partial charge in [0.15, 0.2) is 11.5 Å². The average molecular weight is 267 g/mol. The minimum atomic E-state index is 0.583. The Bertz CT molecular complexity index is 733. The summed E-state index contributed by atoms with van der Waals surface area (Å²) in [4.78, 5) is 4.49. The second kappa shape index (κ2) is 5.33. The van der Waals surface area contributed by atoms with Crippen LogP contribution in [0, 0.1) is 13.8 Å². The van der Waals surface area contributed by atoms with Crippen LogP contribution in [-0.2, 0) is 6.42 Å². The molecule has 0 unspecified atom stereocenters. The van der Waals surface area contributed by atoms with E-state index in [1.807, 2.05) is 36.5 Å². The third-order valence-electron chi connectivity index (χ3n) is 3.12. The summed E-state index contributed by atoms with van der Waals surface area (Å²) in [6.45, 7) is 4.69. The standard InChI is InChI=1S/C16H17N3O/c1-12-4-3-5-14(10-12)20-9-7-15-17-16-11-13(2)6-8-19(16)18-15/h3-6,8,10-11H,7,9H2,1-2H3. The maximum absolute atomic E-state index is 5.72. The van der Waals surface area contributed by atoms with E-state index in [1.165, 1.54) is 11.1 Å². The molecule has 2 heterocycles. The van der Waals surface area contributed by atoms with Crippen LogP contribution in [0.4, 0.5) is 0 Å². The fraction of sp³-hybridized carbons (Fsp3) is 0.250. The Hall–Kier alpha value is -2.36. The van der Waals surface area contributed by atoms with Gasteiger partial charge >= 0.3 is 0 Å². The third kappa shape index (κ3) is 2.79. The Labute approximate surface area is 118 Å². The molecule has 20 heavy (non-hydrogen) atoms. The van der Waals surface area contributed by atoms with Gasteiger partial charge in [-0.15, -0.1) is 0 Å². The number of nitrogens with zero attached hydrogens (tertiary/aromatic N) is 3. The monoisotopic (exact) mass is 267 g/mol. The fourth-order valence-corrected chi connectivity index (χ4v) is 2.10. The number of benzene rings is 1. The average Bonchev–Trinajstić information content (AvgIpc) is 2.80. The van der Waals surface area contributed by atoms with Crippen molar-refractivity contribution in [2.24, 2.45) is 0 Å². The van der Waals surface area contributed by atoms with E-state index in [-0.39, 0.29) is 0 Å². The molecule has 1 aromatic carbocycles. The summed E-state index contributed by atoms with van der Waals surface area (Å²) in [7, 11) is 0. The fourth-order valence-electron chi connectivity index (χ4n) is 2.10. The van der Waals surface area contributed by atoms with E-state index in [0.29, 0.717) is 13.0 Å². The predicted octanol–water partition coefficient (Wildman–Crippen LogP) is 2.97. The van der Waals surface area contributed by atoms with Crippen LogP contribution >= 0.6 is 0 Å². The van der Waals surface area contributed by atoms with Crippen molar-refractivity contribution in [3.05, 3.63) is 59.5 Å². The van der Waals surface area contributed by atoms with E-state index < -0.39 is 0 Å². The lowest BCUT2D eigenvalue weighted by atomic mass is 10.2. The maximum Gasteiger partial charge on any atom is 0.155 e. The molecule has 0 bridgehead atoms. The smallest absolute Gasteiger partial charge is 0.155 e. The highest BCUT2D eigenvalue weighted by atomic mass is 16.5. The molecule has 102 valence electrons. The van der Waals surface area contributed by atoms with E-state index in [4.69, 9.17) is 4.74 Å². The first kappa shape index (κ1) is 12.7. The van der Waals surface area contributed by atoms with Gasteiger partial charge in [-0.05, 0) is 49.2 Å². The Morgan fingerprint density at radius 1 is 1.10 bits per heavy atom. The molecule has 0 spiro atoms.